The first-order chi connectivity index (χ1) is 47.6. The molecule has 4 aromatic heterocycles. The van der Waals surface area contributed by atoms with Gasteiger partial charge in [-0.2, -0.15) is 0 Å². The van der Waals surface area contributed by atoms with Crippen molar-refractivity contribution in [2.24, 2.45) is 0 Å². The molecule has 20 rings (SSSR count). The standard InChI is InChI=1S/C55H35NO.C37H23NO/c1-3-11-36-30-42(22-17-34(36)9-1)52-46-14-5-6-15-47(46)53(43-23-18-35-10-2-4-12-37(35)31-43)50-33-41(25-26-48(50)52)39-19-20-40-32-44(24-21-38(40)29-39)54-55-49(27-28-56-54)45-13-7-8-16-51(45)57-55;1-3-11-24(12-4-1)34-28-16-7-8-17-29(28)35(25-13-5-2-6-14-25)32-23-26(19-20-30(32)34)36-37-31(21-22-38-36)27-15-9-10-18-33(27)39-37/h1-4,7-33H,5-6H2;1-23H. The summed E-state index contributed by atoms with van der Waals surface area (Å²) >= 11 is 0. The Kier molecular flexibility index (Phi) is 13.0. The fourth-order valence-electron chi connectivity index (χ4n) is 15.3. The Morgan fingerprint density at radius 2 is 0.562 bits per heavy atom. The molecule has 1 aliphatic rings. The van der Waals surface area contributed by atoms with Gasteiger partial charge < -0.3 is 8.83 Å². The van der Waals surface area contributed by atoms with E-state index in [-0.39, 0.29) is 0 Å². The first kappa shape index (κ1) is 55.2. The molecule has 0 atom stereocenters. The highest BCUT2D eigenvalue weighted by Crippen LogP contribution is 2.47. The molecule has 0 radical (unpaired) electrons. The van der Waals surface area contributed by atoms with E-state index in [1.54, 1.807) is 0 Å². The van der Waals surface area contributed by atoms with E-state index in [0.29, 0.717) is 0 Å². The lowest BCUT2D eigenvalue weighted by Crippen LogP contribution is -2.31. The van der Waals surface area contributed by atoms with E-state index in [1.165, 1.54) is 131 Å². The zero-order valence-corrected chi connectivity index (χ0v) is 52.3. The molecule has 0 saturated carbocycles. The molecule has 4 heteroatoms. The highest BCUT2D eigenvalue weighted by molar-refractivity contribution is 6.22. The summed E-state index contributed by atoms with van der Waals surface area (Å²) in [7, 11) is 0. The number of furan rings is 2. The average Bonchev–Trinajstić information content (AvgIpc) is 0.940. The summed E-state index contributed by atoms with van der Waals surface area (Å²) in [4.78, 5) is 9.63. The van der Waals surface area contributed by atoms with Gasteiger partial charge >= 0.3 is 0 Å². The van der Waals surface area contributed by atoms with E-state index in [1.807, 2.05) is 48.8 Å². The predicted octanol–water partition coefficient (Wildman–Crippen LogP) is 23.9. The molecule has 4 heterocycles. The van der Waals surface area contributed by atoms with Crippen LogP contribution in [0, 0.1) is 0 Å². The van der Waals surface area contributed by atoms with Crippen LogP contribution in [0.1, 0.15) is 12.8 Å². The smallest absolute Gasteiger partial charge is 0.161 e. The molecule has 15 aromatic carbocycles. The summed E-state index contributed by atoms with van der Waals surface area (Å²) in [6.07, 6.45) is 10.8. The Balaban J connectivity index is 0.000000145. The third kappa shape index (κ3) is 9.21. The first-order valence-electron chi connectivity index (χ1n) is 33.1. The molecule has 0 N–H and O–H groups in total. The molecule has 448 valence electrons. The molecule has 19 aromatic rings. The minimum Gasteiger partial charge on any atom is -0.454 e. The van der Waals surface area contributed by atoms with Gasteiger partial charge in [-0.3, -0.25) is 9.97 Å². The van der Waals surface area contributed by atoms with Gasteiger partial charge in [0, 0.05) is 45.1 Å². The Morgan fingerprint density at radius 1 is 0.219 bits per heavy atom. The number of hydrogen-bond acceptors (Lipinski definition) is 4. The highest BCUT2D eigenvalue weighted by Gasteiger charge is 2.22. The second kappa shape index (κ2) is 22.7. The number of aromatic nitrogens is 2. The van der Waals surface area contributed by atoms with Gasteiger partial charge in [0.15, 0.2) is 11.2 Å². The van der Waals surface area contributed by atoms with Crippen molar-refractivity contribution in [1.29, 1.82) is 0 Å². The maximum Gasteiger partial charge on any atom is 0.161 e. The molecular weight excluding hydrogens is 1170 g/mol. The van der Waals surface area contributed by atoms with Gasteiger partial charge in [-0.15, -0.1) is 0 Å². The van der Waals surface area contributed by atoms with Crippen molar-refractivity contribution >= 4 is 121 Å². The quantitative estimate of drug-likeness (QED) is 0.149. The van der Waals surface area contributed by atoms with Gasteiger partial charge in [0.05, 0.1) is 0 Å². The largest absolute Gasteiger partial charge is 0.454 e. The predicted molar refractivity (Wildman–Crippen MR) is 404 cm³/mol. The van der Waals surface area contributed by atoms with Crippen LogP contribution in [0.25, 0.3) is 199 Å². The third-order valence-corrected chi connectivity index (χ3v) is 19.8. The normalized spacial score (nSPS) is 12.2. The molecule has 0 fully saturated rings. The van der Waals surface area contributed by atoms with Gasteiger partial charge in [0.2, 0.25) is 0 Å². The number of benzene rings is 15. The molecule has 0 saturated heterocycles. The number of fused-ring (bicyclic) bond motifs is 13. The number of nitrogens with zero attached hydrogens (tertiary/aromatic N) is 2. The van der Waals surface area contributed by atoms with Crippen LogP contribution >= 0.6 is 0 Å². The van der Waals surface area contributed by atoms with Crippen LogP contribution in [0.5, 0.6) is 0 Å². The van der Waals surface area contributed by atoms with Crippen LogP contribution in [-0.2, 0) is 0 Å². The fraction of sp³-hybridized carbons (Fsp3) is 0.0217. The van der Waals surface area contributed by atoms with Gasteiger partial charge in [-0.1, -0.05) is 255 Å². The van der Waals surface area contributed by atoms with Gasteiger partial charge in [-0.25, -0.2) is 0 Å². The van der Waals surface area contributed by atoms with Crippen LogP contribution in [-0.4, -0.2) is 9.97 Å². The van der Waals surface area contributed by atoms with Crippen molar-refractivity contribution in [1.82, 2.24) is 9.97 Å². The van der Waals surface area contributed by atoms with Gasteiger partial charge in [0.25, 0.3) is 0 Å². The number of rotatable bonds is 7. The van der Waals surface area contributed by atoms with Gasteiger partial charge in [-0.05, 0) is 204 Å². The number of pyridine rings is 2. The summed E-state index contributed by atoms with van der Waals surface area (Å²) < 4.78 is 12.7. The average molecular weight is 1220 g/mol. The van der Waals surface area contributed by atoms with Crippen molar-refractivity contribution < 1.29 is 8.83 Å². The monoisotopic (exact) mass is 1220 g/mol. The van der Waals surface area contributed by atoms with E-state index in [9.17, 15) is 0 Å². The maximum absolute atomic E-state index is 6.37. The van der Waals surface area contributed by atoms with Gasteiger partial charge in [0.1, 0.15) is 22.6 Å². The molecule has 1 aliphatic carbocycles. The number of para-hydroxylation sites is 2. The second-order valence-electron chi connectivity index (χ2n) is 25.3. The zero-order chi connectivity index (χ0) is 63.2. The van der Waals surface area contributed by atoms with Crippen LogP contribution in [0.2, 0.25) is 0 Å². The highest BCUT2D eigenvalue weighted by atomic mass is 16.3. The molecule has 0 bridgehead atoms. The molecule has 4 nitrogen and oxygen atoms in total. The Labute approximate surface area is 553 Å². The summed E-state index contributed by atoms with van der Waals surface area (Å²) in [6, 6.07) is 109. The third-order valence-electron chi connectivity index (χ3n) is 19.8. The number of hydrogen-bond donors (Lipinski definition) is 0. The van der Waals surface area contributed by atoms with E-state index < -0.39 is 0 Å². The lowest BCUT2D eigenvalue weighted by molar-refractivity contribution is 0.668. The molecule has 0 unspecified atom stereocenters. The molecule has 96 heavy (non-hydrogen) atoms. The molecule has 0 spiro atoms. The molecular formula is C92H58N2O2. The SMILES string of the molecule is C1=c2c(-c3ccc4ccccc4c3)c3ccc(-c4ccc5cc(-c6nccc7c6oc6ccccc67)ccc5c4)cc3c(-c3ccc4ccccc4c3)c2=CCC1.c1ccc(-c2c3ccccc3c(-c3ccccc3)c3cc(-c4nccc5c4oc4ccccc45)ccc23)cc1. The van der Waals surface area contributed by atoms with Crippen LogP contribution < -0.4 is 10.4 Å². The van der Waals surface area contributed by atoms with Crippen LogP contribution in [0.4, 0.5) is 0 Å². The first-order valence-corrected chi connectivity index (χ1v) is 33.1. The van der Waals surface area contributed by atoms with Crippen molar-refractivity contribution in [2.75, 3.05) is 0 Å². The zero-order valence-electron chi connectivity index (χ0n) is 52.3. The lowest BCUT2D eigenvalue weighted by atomic mass is 9.84. The fourth-order valence-corrected chi connectivity index (χ4v) is 15.3. The van der Waals surface area contributed by atoms with E-state index in [0.717, 1.165) is 79.2 Å². The van der Waals surface area contributed by atoms with Crippen LogP contribution in [0.3, 0.4) is 0 Å². The van der Waals surface area contributed by atoms with E-state index >= 15 is 0 Å². The van der Waals surface area contributed by atoms with Crippen molar-refractivity contribution in [3.8, 4) is 78.1 Å². The van der Waals surface area contributed by atoms with E-state index in [4.69, 9.17) is 18.8 Å². The minimum atomic E-state index is 0.823. The second-order valence-corrected chi connectivity index (χ2v) is 25.3. The summed E-state index contributed by atoms with van der Waals surface area (Å²) in [6.45, 7) is 0. The topological polar surface area (TPSA) is 52.1 Å². The van der Waals surface area contributed by atoms with Crippen molar-refractivity contribution in [2.45, 2.75) is 12.8 Å². The lowest BCUT2D eigenvalue weighted by Gasteiger charge is -2.19. The van der Waals surface area contributed by atoms with E-state index in [2.05, 4.69) is 279 Å². The molecule has 0 aliphatic heterocycles. The summed E-state index contributed by atoms with van der Waals surface area (Å²) in [5.41, 5.74) is 19.7. The maximum atomic E-state index is 6.37. The summed E-state index contributed by atoms with van der Waals surface area (Å²) in [5, 5.41) is 21.9. The summed E-state index contributed by atoms with van der Waals surface area (Å²) in [5.74, 6) is 0. The Bertz CT molecular complexity index is 6520. The van der Waals surface area contributed by atoms with Crippen molar-refractivity contribution in [3.05, 3.63) is 326 Å². The van der Waals surface area contributed by atoms with Crippen molar-refractivity contribution in [3.63, 3.8) is 0 Å². The molecule has 0 amide bonds. The Hall–Kier alpha value is -12.5. The minimum absolute atomic E-state index is 0.823. The van der Waals surface area contributed by atoms with Crippen LogP contribution in [0.15, 0.2) is 325 Å². The Morgan fingerprint density at radius 3 is 1.12 bits per heavy atom.